The van der Waals surface area contributed by atoms with Crippen LogP contribution in [0.1, 0.15) is 51.3 Å². The van der Waals surface area contributed by atoms with E-state index in [9.17, 15) is 4.79 Å². The zero-order chi connectivity index (χ0) is 16.9. The van der Waals surface area contributed by atoms with Crippen LogP contribution >= 0.6 is 11.6 Å². The zero-order valence-electron chi connectivity index (χ0n) is 14.8. The number of hydrogen-bond donors (Lipinski definition) is 2. The van der Waals surface area contributed by atoms with E-state index in [0.717, 1.165) is 56.9 Å². The maximum Gasteiger partial charge on any atom is 0.241 e. The molecule has 5 rings (SSSR count). The summed E-state index contributed by atoms with van der Waals surface area (Å²) in [6.07, 6.45) is 4.72. The van der Waals surface area contributed by atoms with Gasteiger partial charge in [-0.1, -0.05) is 50.4 Å². The molecule has 0 atom stereocenters. The van der Waals surface area contributed by atoms with Gasteiger partial charge in [-0.15, -0.1) is 0 Å². The van der Waals surface area contributed by atoms with Crippen molar-refractivity contribution in [3.63, 3.8) is 0 Å². The Morgan fingerprint density at radius 3 is 1.96 bits per heavy atom. The summed E-state index contributed by atoms with van der Waals surface area (Å²) in [4.78, 5) is 16.6. The third kappa shape index (κ3) is 2.21. The van der Waals surface area contributed by atoms with Crippen molar-refractivity contribution in [2.75, 3.05) is 26.2 Å². The highest BCUT2D eigenvalue weighted by atomic mass is 35.5. The molecule has 0 radical (unpaired) electrons. The molecule has 4 heteroatoms. The first-order chi connectivity index (χ1) is 11.6. The van der Waals surface area contributed by atoms with Gasteiger partial charge in [0, 0.05) is 0 Å². The van der Waals surface area contributed by atoms with Gasteiger partial charge in [0.1, 0.15) is 37.0 Å². The first-order valence-electron chi connectivity index (χ1n) is 9.54. The number of nitrogens with one attached hydrogen (secondary N) is 2. The SMILES string of the molecule is CCCC12C[NH+]3CC(CCC)(C[NH+](C1)C3c1ccccc1Cl)C2=O. The van der Waals surface area contributed by atoms with Crippen molar-refractivity contribution < 1.29 is 14.6 Å². The number of piperidine rings is 2. The minimum atomic E-state index is -0.0805. The summed E-state index contributed by atoms with van der Waals surface area (Å²) in [7, 11) is 0. The maximum absolute atomic E-state index is 13.5. The lowest BCUT2D eigenvalue weighted by Crippen LogP contribution is -3.41. The highest BCUT2D eigenvalue weighted by Gasteiger charge is 2.70. The van der Waals surface area contributed by atoms with E-state index in [0.29, 0.717) is 11.9 Å². The maximum atomic E-state index is 13.5. The van der Waals surface area contributed by atoms with Crippen molar-refractivity contribution in [2.24, 2.45) is 10.8 Å². The van der Waals surface area contributed by atoms with Gasteiger partial charge in [0.25, 0.3) is 0 Å². The van der Waals surface area contributed by atoms with Crippen molar-refractivity contribution in [3.8, 4) is 0 Å². The van der Waals surface area contributed by atoms with Crippen LogP contribution < -0.4 is 9.80 Å². The fourth-order valence-corrected chi connectivity index (χ4v) is 6.50. The molecule has 0 spiro atoms. The van der Waals surface area contributed by atoms with Crippen molar-refractivity contribution in [1.29, 1.82) is 0 Å². The van der Waals surface area contributed by atoms with Gasteiger partial charge in [-0.05, 0) is 25.0 Å². The molecule has 4 heterocycles. The first kappa shape index (κ1) is 16.6. The van der Waals surface area contributed by atoms with Gasteiger partial charge in [-0.2, -0.15) is 0 Å². The van der Waals surface area contributed by atoms with E-state index in [1.807, 2.05) is 12.1 Å². The van der Waals surface area contributed by atoms with Crippen LogP contribution in [-0.2, 0) is 4.79 Å². The Kier molecular flexibility index (Phi) is 4.02. The van der Waals surface area contributed by atoms with Crippen LogP contribution in [0.3, 0.4) is 0 Å². The molecule has 0 aromatic heterocycles. The normalized spacial score (nSPS) is 40.3. The van der Waals surface area contributed by atoms with Crippen LogP contribution in [0.25, 0.3) is 0 Å². The molecule has 1 aromatic carbocycles. The molecule has 0 aliphatic carbocycles. The predicted octanol–water partition coefficient (Wildman–Crippen LogP) is 1.29. The second-order valence-corrected chi connectivity index (χ2v) is 8.78. The molecule has 24 heavy (non-hydrogen) atoms. The molecule has 4 aliphatic heterocycles. The standard InChI is InChI=1S/C20H27ClN2O/c1-3-9-19-11-22-13-20(10-4-2,18(19)24)14-23(12-19)17(22)15-7-5-6-8-16(15)21/h5-8,17H,3-4,9-14H2,1-2H3/p+2. The highest BCUT2D eigenvalue weighted by Crippen LogP contribution is 2.42. The average Bonchev–Trinajstić information content (AvgIpc) is 2.53. The van der Waals surface area contributed by atoms with Gasteiger partial charge in [-0.3, -0.25) is 14.6 Å². The fraction of sp³-hybridized carbons (Fsp3) is 0.650. The largest absolute Gasteiger partial charge is 0.297 e. The number of hydrogen-bond acceptors (Lipinski definition) is 1. The first-order valence-corrected chi connectivity index (χ1v) is 9.91. The molecule has 4 aliphatic rings. The average molecular weight is 349 g/mol. The molecule has 4 fully saturated rings. The smallest absolute Gasteiger partial charge is 0.241 e. The Balaban J connectivity index is 1.75. The number of benzene rings is 1. The molecular weight excluding hydrogens is 320 g/mol. The third-order valence-corrected chi connectivity index (χ3v) is 7.06. The van der Waals surface area contributed by atoms with E-state index in [2.05, 4.69) is 26.0 Å². The number of Topliss-reactive ketones (excluding diaryl/α,β-unsaturated/α-hetero) is 1. The summed E-state index contributed by atoms with van der Waals surface area (Å²) in [6.45, 7) is 8.46. The van der Waals surface area contributed by atoms with Crippen molar-refractivity contribution >= 4 is 17.4 Å². The van der Waals surface area contributed by atoms with Crippen molar-refractivity contribution in [1.82, 2.24) is 0 Å². The zero-order valence-corrected chi connectivity index (χ0v) is 15.6. The van der Waals surface area contributed by atoms with Gasteiger partial charge in [0.15, 0.2) is 5.78 Å². The van der Waals surface area contributed by atoms with Crippen LogP contribution in [0.2, 0.25) is 5.02 Å². The van der Waals surface area contributed by atoms with Gasteiger partial charge in [0.05, 0.1) is 10.6 Å². The van der Waals surface area contributed by atoms with Crippen LogP contribution in [0, 0.1) is 10.8 Å². The summed E-state index contributed by atoms with van der Waals surface area (Å²) < 4.78 is 0. The lowest BCUT2D eigenvalue weighted by Gasteiger charge is -2.60. The van der Waals surface area contributed by atoms with E-state index in [4.69, 9.17) is 11.6 Å². The number of rotatable bonds is 5. The van der Waals surface area contributed by atoms with Gasteiger partial charge in [0.2, 0.25) is 6.17 Å². The van der Waals surface area contributed by atoms with Gasteiger partial charge >= 0.3 is 0 Å². The van der Waals surface area contributed by atoms with Gasteiger partial charge < -0.3 is 0 Å². The lowest BCUT2D eigenvalue weighted by molar-refractivity contribution is -1.18. The summed E-state index contributed by atoms with van der Waals surface area (Å²) in [6, 6.07) is 8.31. The van der Waals surface area contributed by atoms with E-state index >= 15 is 0 Å². The van der Waals surface area contributed by atoms with Gasteiger partial charge in [-0.25, -0.2) is 0 Å². The Bertz CT molecular complexity index is 615. The predicted molar refractivity (Wildman–Crippen MR) is 95.3 cm³/mol. The molecule has 130 valence electrons. The summed E-state index contributed by atoms with van der Waals surface area (Å²) in [5.41, 5.74) is 1.11. The van der Waals surface area contributed by atoms with E-state index < -0.39 is 0 Å². The second kappa shape index (κ2) is 5.82. The molecule has 0 unspecified atom stereocenters. The molecule has 3 nitrogen and oxygen atoms in total. The van der Waals surface area contributed by atoms with Crippen LogP contribution in [0.4, 0.5) is 0 Å². The molecule has 2 N–H and O–H groups in total. The van der Waals surface area contributed by atoms with E-state index in [1.54, 1.807) is 9.80 Å². The number of halogens is 1. The number of carbonyl (C=O) groups excluding carboxylic acids is 1. The monoisotopic (exact) mass is 348 g/mol. The molecule has 4 bridgehead atoms. The molecule has 4 saturated heterocycles. The third-order valence-electron chi connectivity index (χ3n) is 6.71. The number of carbonyl (C=O) groups is 1. The van der Waals surface area contributed by atoms with E-state index in [-0.39, 0.29) is 10.8 Å². The summed E-state index contributed by atoms with van der Waals surface area (Å²) >= 11 is 6.54. The topological polar surface area (TPSA) is 26.0 Å². The minimum absolute atomic E-state index is 0.0805. The summed E-state index contributed by atoms with van der Waals surface area (Å²) in [5.74, 6) is 0.601. The molecule has 0 amide bonds. The Morgan fingerprint density at radius 2 is 1.50 bits per heavy atom. The molecule has 0 saturated carbocycles. The van der Waals surface area contributed by atoms with Crippen LogP contribution in [-0.4, -0.2) is 32.0 Å². The molecular formula is C20H29ClN2O+2. The number of quaternary nitrogens is 2. The highest BCUT2D eigenvalue weighted by molar-refractivity contribution is 6.31. The molecule has 1 aromatic rings. The van der Waals surface area contributed by atoms with Crippen LogP contribution in [0.5, 0.6) is 0 Å². The minimum Gasteiger partial charge on any atom is -0.297 e. The Morgan fingerprint density at radius 1 is 1.00 bits per heavy atom. The Hall–Kier alpha value is -0.900. The second-order valence-electron chi connectivity index (χ2n) is 8.37. The fourth-order valence-electron chi connectivity index (χ4n) is 6.26. The lowest BCUT2D eigenvalue weighted by atomic mass is 9.57. The number of ketones is 1. The van der Waals surface area contributed by atoms with Crippen molar-refractivity contribution in [2.45, 2.75) is 45.7 Å². The van der Waals surface area contributed by atoms with Crippen LogP contribution in [0.15, 0.2) is 24.3 Å². The summed E-state index contributed by atoms with van der Waals surface area (Å²) in [5, 5.41) is 0.885. The Labute approximate surface area is 150 Å². The quantitative estimate of drug-likeness (QED) is 0.824. The van der Waals surface area contributed by atoms with Crippen molar-refractivity contribution in [3.05, 3.63) is 34.9 Å². The van der Waals surface area contributed by atoms with E-state index in [1.165, 1.54) is 5.56 Å².